The predicted molar refractivity (Wildman–Crippen MR) is 117 cm³/mol. The van der Waals surface area contributed by atoms with Crippen molar-refractivity contribution in [2.45, 2.75) is 31.1 Å². The zero-order valence-corrected chi connectivity index (χ0v) is 17.8. The number of carbonyl (C=O) groups excluding carboxylic acids is 1. The molecule has 0 aliphatic carbocycles. The molecule has 0 spiro atoms. The van der Waals surface area contributed by atoms with Gasteiger partial charge in [0.25, 0.3) is 5.91 Å². The van der Waals surface area contributed by atoms with Crippen LogP contribution in [0.25, 0.3) is 11.2 Å². The first-order chi connectivity index (χ1) is 15.3. The highest BCUT2D eigenvalue weighted by Gasteiger charge is 2.42. The molecule has 11 nitrogen and oxygen atoms in total. The van der Waals surface area contributed by atoms with Crippen molar-refractivity contribution in [3.8, 4) is 5.75 Å². The van der Waals surface area contributed by atoms with E-state index in [-0.39, 0.29) is 31.2 Å². The van der Waals surface area contributed by atoms with Gasteiger partial charge in [0.2, 0.25) is 0 Å². The summed E-state index contributed by atoms with van der Waals surface area (Å²) in [7, 11) is 0. The summed E-state index contributed by atoms with van der Waals surface area (Å²) >= 11 is 0. The van der Waals surface area contributed by atoms with Gasteiger partial charge in [-0.15, -0.1) is 0 Å². The van der Waals surface area contributed by atoms with Crippen LogP contribution in [0.15, 0.2) is 36.9 Å². The normalized spacial score (nSPS) is 23.8. The van der Waals surface area contributed by atoms with Crippen LogP contribution in [-0.4, -0.2) is 78.5 Å². The second-order valence-electron chi connectivity index (χ2n) is 8.19. The molecule has 2 aromatic heterocycles. The summed E-state index contributed by atoms with van der Waals surface area (Å²) in [5.41, 5.74) is 11.3. The second kappa shape index (κ2) is 8.69. The quantitative estimate of drug-likeness (QED) is 0.424. The van der Waals surface area contributed by atoms with E-state index in [4.69, 9.17) is 16.2 Å². The first-order valence-corrected chi connectivity index (χ1v) is 10.4. The van der Waals surface area contributed by atoms with Gasteiger partial charge in [0.05, 0.1) is 24.1 Å². The van der Waals surface area contributed by atoms with Crippen molar-refractivity contribution in [1.82, 2.24) is 24.4 Å². The van der Waals surface area contributed by atoms with Gasteiger partial charge in [0, 0.05) is 31.6 Å². The molecule has 1 fully saturated rings. The molecule has 1 amide bonds. The second-order valence-corrected chi connectivity index (χ2v) is 8.19. The lowest BCUT2D eigenvalue weighted by Crippen LogP contribution is -2.42. The molecule has 3 atom stereocenters. The summed E-state index contributed by atoms with van der Waals surface area (Å²) in [5.74, 6) is 0.577. The molecule has 0 unspecified atom stereocenters. The molecule has 6 N–H and O–H groups in total. The van der Waals surface area contributed by atoms with E-state index in [1.165, 1.54) is 17.6 Å². The molecule has 32 heavy (non-hydrogen) atoms. The van der Waals surface area contributed by atoms with Crippen LogP contribution >= 0.6 is 0 Å². The lowest BCUT2D eigenvalue weighted by molar-refractivity contribution is -0.0217. The number of fused-ring (bicyclic) bond motifs is 1. The maximum atomic E-state index is 13.3. The monoisotopic (exact) mass is 441 g/mol. The molecule has 1 saturated heterocycles. The molecule has 1 aliphatic heterocycles. The molecule has 4 rings (SSSR count). The Kier molecular flexibility index (Phi) is 5.96. The third-order valence-corrected chi connectivity index (χ3v) is 5.69. The van der Waals surface area contributed by atoms with Crippen LogP contribution in [-0.2, 0) is 0 Å². The number of likely N-dealkylation sites (tertiary alicyclic amines) is 1. The minimum absolute atomic E-state index is 0.0769. The maximum Gasteiger partial charge on any atom is 0.254 e. The van der Waals surface area contributed by atoms with Crippen LogP contribution in [0.3, 0.4) is 0 Å². The molecule has 1 aromatic carbocycles. The number of β-amino-alcohol motifs (C(OH)–C–C–N with tert-alkyl or cyclic N) is 1. The van der Waals surface area contributed by atoms with Crippen LogP contribution < -0.4 is 16.2 Å². The zero-order chi connectivity index (χ0) is 22.9. The van der Waals surface area contributed by atoms with Crippen molar-refractivity contribution in [3.05, 3.63) is 42.5 Å². The number of imidazole rings is 1. The summed E-state index contributed by atoms with van der Waals surface area (Å²) in [6, 6.07) is 6.12. The molecule has 170 valence electrons. The van der Waals surface area contributed by atoms with E-state index in [0.29, 0.717) is 35.6 Å². The van der Waals surface area contributed by atoms with Crippen molar-refractivity contribution in [2.75, 3.05) is 32.0 Å². The fourth-order valence-corrected chi connectivity index (χ4v) is 4.12. The number of aliphatic hydroxyl groups is 2. The fraction of sp³-hybridized carbons (Fsp3) is 0.429. The van der Waals surface area contributed by atoms with Gasteiger partial charge in [0.1, 0.15) is 24.2 Å². The minimum Gasteiger partial charge on any atom is -0.492 e. The third kappa shape index (κ3) is 4.22. The summed E-state index contributed by atoms with van der Waals surface area (Å²) in [6.45, 7) is 2.64. The van der Waals surface area contributed by atoms with Crippen molar-refractivity contribution in [2.24, 2.45) is 5.73 Å². The van der Waals surface area contributed by atoms with Gasteiger partial charge in [0.15, 0.2) is 11.5 Å². The molecule has 0 saturated carbocycles. The van der Waals surface area contributed by atoms with Gasteiger partial charge in [-0.1, -0.05) is 0 Å². The lowest BCUT2D eigenvalue weighted by atomic mass is 9.91. The number of nitrogens with zero attached hydrogens (tertiary/aromatic N) is 5. The van der Waals surface area contributed by atoms with E-state index in [1.807, 2.05) is 0 Å². The number of carbonyl (C=O) groups is 1. The first kappa shape index (κ1) is 21.9. The van der Waals surface area contributed by atoms with Crippen LogP contribution in [0.1, 0.15) is 29.7 Å². The standard InChI is InChI=1S/C21H27N7O4/c1-21(31)8-14(29)9-27(20(30)13-2-4-15(5-3-13)32-7-6-22)10-16(21)28-12-26-17-18(23)24-11-25-19(17)28/h2-5,11-12,14,16,29,31H,6-10,22H2,1H3,(H2,23,24,25)/t14-,16+,21+/m1/s1. The highest BCUT2D eigenvalue weighted by molar-refractivity contribution is 5.94. The number of amides is 1. The molecule has 3 heterocycles. The van der Waals surface area contributed by atoms with E-state index in [2.05, 4.69) is 15.0 Å². The van der Waals surface area contributed by atoms with Gasteiger partial charge in [-0.05, 0) is 31.2 Å². The van der Waals surface area contributed by atoms with Gasteiger partial charge in [-0.3, -0.25) is 4.79 Å². The number of ether oxygens (including phenoxy) is 1. The van der Waals surface area contributed by atoms with E-state index in [0.717, 1.165) is 0 Å². The molecule has 0 bridgehead atoms. The molecule has 0 radical (unpaired) electrons. The van der Waals surface area contributed by atoms with E-state index >= 15 is 0 Å². The topological polar surface area (TPSA) is 166 Å². The van der Waals surface area contributed by atoms with Crippen LogP contribution in [0.2, 0.25) is 0 Å². The molecule has 11 heteroatoms. The van der Waals surface area contributed by atoms with Crippen LogP contribution in [0, 0.1) is 0 Å². The van der Waals surface area contributed by atoms with Gasteiger partial charge in [-0.2, -0.15) is 0 Å². The zero-order valence-electron chi connectivity index (χ0n) is 17.8. The number of benzene rings is 1. The number of aliphatic hydroxyl groups excluding tert-OH is 1. The Balaban J connectivity index is 1.65. The number of hydrogen-bond donors (Lipinski definition) is 4. The van der Waals surface area contributed by atoms with Gasteiger partial charge < -0.3 is 35.9 Å². The average Bonchev–Trinajstić information content (AvgIpc) is 3.14. The molecular weight excluding hydrogens is 414 g/mol. The molecule has 3 aromatic rings. The third-order valence-electron chi connectivity index (χ3n) is 5.69. The Bertz CT molecular complexity index is 1100. The number of hydrogen-bond acceptors (Lipinski definition) is 9. The summed E-state index contributed by atoms with van der Waals surface area (Å²) in [6.07, 6.45) is 2.03. The summed E-state index contributed by atoms with van der Waals surface area (Å²) in [4.78, 5) is 27.3. The minimum atomic E-state index is -1.33. The SMILES string of the molecule is C[C@]1(O)C[C@@H](O)CN(C(=O)c2ccc(OCCN)cc2)C[C@@H]1n1cnc2c(N)ncnc21. The van der Waals surface area contributed by atoms with Crippen molar-refractivity contribution in [3.63, 3.8) is 0 Å². The summed E-state index contributed by atoms with van der Waals surface area (Å²) < 4.78 is 7.15. The Hall–Kier alpha value is -3.28. The molecular formula is C21H27N7O4. The lowest BCUT2D eigenvalue weighted by Gasteiger charge is -2.34. The first-order valence-electron chi connectivity index (χ1n) is 10.4. The van der Waals surface area contributed by atoms with E-state index in [9.17, 15) is 15.0 Å². The van der Waals surface area contributed by atoms with Crippen molar-refractivity contribution in [1.29, 1.82) is 0 Å². The highest BCUT2D eigenvalue weighted by atomic mass is 16.5. The fourth-order valence-electron chi connectivity index (χ4n) is 4.12. The smallest absolute Gasteiger partial charge is 0.254 e. The number of nitrogen functional groups attached to an aromatic ring is 1. The molecule has 1 aliphatic rings. The Morgan fingerprint density at radius 3 is 2.72 bits per heavy atom. The Labute approximate surface area is 184 Å². The number of rotatable bonds is 5. The predicted octanol–water partition coefficient (Wildman–Crippen LogP) is -0.0549. The van der Waals surface area contributed by atoms with Gasteiger partial charge in [-0.25, -0.2) is 15.0 Å². The maximum absolute atomic E-state index is 13.3. The van der Waals surface area contributed by atoms with Gasteiger partial charge >= 0.3 is 0 Å². The Morgan fingerprint density at radius 2 is 2.00 bits per heavy atom. The Morgan fingerprint density at radius 1 is 1.25 bits per heavy atom. The van der Waals surface area contributed by atoms with Crippen molar-refractivity contribution < 1.29 is 19.7 Å². The van der Waals surface area contributed by atoms with Crippen LogP contribution in [0.5, 0.6) is 5.75 Å². The van der Waals surface area contributed by atoms with E-state index < -0.39 is 17.7 Å². The summed E-state index contributed by atoms with van der Waals surface area (Å²) in [5, 5.41) is 21.8. The number of nitrogens with two attached hydrogens (primary N) is 2. The van der Waals surface area contributed by atoms with E-state index in [1.54, 1.807) is 35.8 Å². The highest BCUT2D eigenvalue weighted by Crippen LogP contribution is 2.34. The number of aromatic nitrogens is 4. The van der Waals surface area contributed by atoms with Crippen LogP contribution in [0.4, 0.5) is 5.82 Å². The average molecular weight is 441 g/mol. The van der Waals surface area contributed by atoms with Crippen molar-refractivity contribution >= 4 is 22.9 Å². The largest absolute Gasteiger partial charge is 0.492 e. The number of anilines is 1.